The highest BCUT2D eigenvalue weighted by molar-refractivity contribution is 9.11. The number of hydrogen-bond donors (Lipinski definition) is 2. The molecule has 0 heterocycles. The lowest BCUT2D eigenvalue weighted by molar-refractivity contribution is -0.136. The first-order valence-electron chi connectivity index (χ1n) is 8.03. The van der Waals surface area contributed by atoms with Crippen molar-refractivity contribution >= 4 is 43.5 Å². The molecule has 0 radical (unpaired) electrons. The van der Waals surface area contributed by atoms with Gasteiger partial charge < -0.3 is 15.2 Å². The van der Waals surface area contributed by atoms with Crippen LogP contribution >= 0.6 is 31.9 Å². The second-order valence-corrected chi connectivity index (χ2v) is 7.41. The van der Waals surface area contributed by atoms with Gasteiger partial charge >= 0.3 is 5.97 Å². The molecule has 0 saturated carbocycles. The Kier molecular flexibility index (Phi) is 7.49. The molecule has 0 atom stereocenters. The van der Waals surface area contributed by atoms with E-state index in [1.165, 1.54) is 0 Å². The zero-order chi connectivity index (χ0) is 19.1. The highest BCUT2D eigenvalue weighted by atomic mass is 79.9. The third-order valence-corrected chi connectivity index (χ3v) is 4.68. The zero-order valence-corrected chi connectivity index (χ0v) is 17.4. The number of carboxylic acid groups (broad SMARTS) is 1. The van der Waals surface area contributed by atoms with Gasteiger partial charge in [0.05, 0.1) is 27.0 Å². The predicted molar refractivity (Wildman–Crippen MR) is 107 cm³/mol. The van der Waals surface area contributed by atoms with Gasteiger partial charge in [-0.05, 0) is 79.7 Å². The second kappa shape index (κ2) is 9.60. The minimum atomic E-state index is -0.891. The van der Waals surface area contributed by atoms with E-state index in [0.717, 1.165) is 24.2 Å². The fraction of sp³-hybridized carbons (Fsp3) is 0.263. The summed E-state index contributed by atoms with van der Waals surface area (Å²) in [6.45, 7) is 3.19. The maximum absolute atomic E-state index is 10.9. The Labute approximate surface area is 169 Å². The predicted octanol–water partition coefficient (Wildman–Crippen LogP) is 5.11. The van der Waals surface area contributed by atoms with Crippen molar-refractivity contribution in [1.82, 2.24) is 0 Å². The molecule has 0 amide bonds. The lowest BCUT2D eigenvalue weighted by Crippen LogP contribution is -2.04. The van der Waals surface area contributed by atoms with Crippen molar-refractivity contribution < 1.29 is 14.6 Å². The molecule has 0 aliphatic heterocycles. The molecule has 0 aromatic heterocycles. The van der Waals surface area contributed by atoms with Crippen molar-refractivity contribution in [2.24, 2.45) is 0 Å². The monoisotopic (exact) mass is 480 g/mol. The molecule has 2 aromatic carbocycles. The number of carboxylic acids is 1. The third kappa shape index (κ3) is 5.75. The van der Waals surface area contributed by atoms with Crippen molar-refractivity contribution in [3.63, 3.8) is 0 Å². The number of hydrogen-bond acceptors (Lipinski definition) is 4. The molecule has 2 rings (SSSR count). The summed E-state index contributed by atoms with van der Waals surface area (Å²) in [6.07, 6.45) is 0.930. The van der Waals surface area contributed by atoms with E-state index in [4.69, 9.17) is 9.84 Å². The van der Waals surface area contributed by atoms with E-state index in [2.05, 4.69) is 50.2 Å². The van der Waals surface area contributed by atoms with Gasteiger partial charge in [-0.3, -0.25) is 4.79 Å². The summed E-state index contributed by atoms with van der Waals surface area (Å²) in [4.78, 5) is 10.9. The van der Waals surface area contributed by atoms with E-state index in [-0.39, 0.29) is 13.0 Å². The first-order chi connectivity index (χ1) is 12.4. The molecule has 0 fully saturated rings. The average molecular weight is 482 g/mol. The zero-order valence-electron chi connectivity index (χ0n) is 14.2. The summed E-state index contributed by atoms with van der Waals surface area (Å²) < 4.78 is 7.23. The van der Waals surface area contributed by atoms with Gasteiger partial charge in [0.25, 0.3) is 0 Å². The number of anilines is 1. The highest BCUT2D eigenvalue weighted by Gasteiger charge is 2.12. The van der Waals surface area contributed by atoms with E-state index < -0.39 is 5.97 Å². The summed E-state index contributed by atoms with van der Waals surface area (Å²) in [5.41, 5.74) is 3.00. The summed E-state index contributed by atoms with van der Waals surface area (Å²) >= 11 is 6.85. The van der Waals surface area contributed by atoms with Crippen LogP contribution in [0.3, 0.4) is 0 Å². The number of nitrogens with zero attached hydrogens (tertiary/aromatic N) is 1. The maximum Gasteiger partial charge on any atom is 0.307 e. The van der Waals surface area contributed by atoms with E-state index >= 15 is 0 Å². The second-order valence-electron chi connectivity index (χ2n) is 5.70. The van der Waals surface area contributed by atoms with E-state index in [1.807, 2.05) is 12.1 Å². The van der Waals surface area contributed by atoms with Crippen LogP contribution in [0.4, 0.5) is 5.69 Å². The number of halogens is 2. The summed E-state index contributed by atoms with van der Waals surface area (Å²) in [7, 11) is 0. The number of nitrogens with one attached hydrogen (secondary N) is 1. The molecule has 7 heteroatoms. The van der Waals surface area contributed by atoms with Gasteiger partial charge in [-0.1, -0.05) is 6.92 Å². The van der Waals surface area contributed by atoms with E-state index in [0.29, 0.717) is 25.8 Å². The minimum Gasteiger partial charge on any atom is -0.487 e. The van der Waals surface area contributed by atoms with Crippen LogP contribution in [0, 0.1) is 11.3 Å². The molecule has 26 heavy (non-hydrogen) atoms. The molecule has 136 valence electrons. The SMILES string of the molecule is CCCNc1cc(C#N)cc(COc2c(Br)cc(CC(=O)O)cc2Br)c1. The van der Waals surface area contributed by atoms with Crippen molar-refractivity contribution in [3.05, 3.63) is 56.0 Å². The van der Waals surface area contributed by atoms with Crippen molar-refractivity contribution in [3.8, 4) is 11.8 Å². The largest absolute Gasteiger partial charge is 0.487 e. The van der Waals surface area contributed by atoms with Crippen LogP contribution in [0.25, 0.3) is 0 Å². The third-order valence-electron chi connectivity index (χ3n) is 3.50. The first-order valence-corrected chi connectivity index (χ1v) is 9.62. The quantitative estimate of drug-likeness (QED) is 0.547. The smallest absolute Gasteiger partial charge is 0.307 e. The number of nitriles is 1. The summed E-state index contributed by atoms with van der Waals surface area (Å²) in [5, 5.41) is 21.4. The number of aliphatic carboxylic acids is 1. The molecule has 0 saturated heterocycles. The Balaban J connectivity index is 2.18. The summed E-state index contributed by atoms with van der Waals surface area (Å²) in [5.74, 6) is -0.303. The fourth-order valence-electron chi connectivity index (χ4n) is 2.39. The Morgan fingerprint density at radius 1 is 1.19 bits per heavy atom. The molecule has 2 N–H and O–H groups in total. The van der Waals surface area contributed by atoms with Crippen LogP contribution in [0.15, 0.2) is 39.3 Å². The molecular weight excluding hydrogens is 464 g/mol. The fourth-order valence-corrected chi connectivity index (χ4v) is 3.90. The summed E-state index contributed by atoms with van der Waals surface area (Å²) in [6, 6.07) is 11.2. The number of carbonyl (C=O) groups is 1. The maximum atomic E-state index is 10.9. The molecule has 0 bridgehead atoms. The topological polar surface area (TPSA) is 82.3 Å². The van der Waals surface area contributed by atoms with Crippen molar-refractivity contribution in [2.45, 2.75) is 26.4 Å². The number of benzene rings is 2. The van der Waals surface area contributed by atoms with Gasteiger partial charge in [-0.25, -0.2) is 0 Å². The first kappa shape index (κ1) is 20.3. The van der Waals surface area contributed by atoms with Gasteiger partial charge in [0.1, 0.15) is 12.4 Å². The highest BCUT2D eigenvalue weighted by Crippen LogP contribution is 2.35. The van der Waals surface area contributed by atoms with E-state index in [1.54, 1.807) is 18.2 Å². The lowest BCUT2D eigenvalue weighted by atomic mass is 10.1. The molecule has 0 aliphatic carbocycles. The van der Waals surface area contributed by atoms with Crippen molar-refractivity contribution in [2.75, 3.05) is 11.9 Å². The van der Waals surface area contributed by atoms with Crippen LogP contribution in [-0.4, -0.2) is 17.6 Å². The van der Waals surface area contributed by atoms with Gasteiger partial charge in [0.15, 0.2) is 0 Å². The van der Waals surface area contributed by atoms with Crippen LogP contribution in [-0.2, 0) is 17.8 Å². The Bertz CT molecular complexity index is 824. The molecule has 0 unspecified atom stereocenters. The molecule has 2 aromatic rings. The Morgan fingerprint density at radius 2 is 1.88 bits per heavy atom. The normalized spacial score (nSPS) is 10.2. The molecule has 5 nitrogen and oxygen atoms in total. The lowest BCUT2D eigenvalue weighted by Gasteiger charge is -2.13. The van der Waals surface area contributed by atoms with Crippen LogP contribution in [0.2, 0.25) is 0 Å². The van der Waals surface area contributed by atoms with Crippen LogP contribution < -0.4 is 10.1 Å². The van der Waals surface area contributed by atoms with Crippen molar-refractivity contribution in [1.29, 1.82) is 5.26 Å². The molecule has 0 aliphatic rings. The Hall–Kier alpha value is -2.04. The van der Waals surface area contributed by atoms with Gasteiger partial charge in [-0.15, -0.1) is 0 Å². The number of rotatable bonds is 8. The van der Waals surface area contributed by atoms with Gasteiger partial charge in [0.2, 0.25) is 0 Å². The average Bonchev–Trinajstić information content (AvgIpc) is 2.58. The Morgan fingerprint density at radius 3 is 2.46 bits per heavy atom. The minimum absolute atomic E-state index is 0.0614. The molecular formula is C19H18Br2N2O3. The molecule has 0 spiro atoms. The van der Waals surface area contributed by atoms with Crippen LogP contribution in [0.1, 0.15) is 30.0 Å². The van der Waals surface area contributed by atoms with Gasteiger partial charge in [-0.2, -0.15) is 5.26 Å². The number of ether oxygens (including phenoxy) is 1. The standard InChI is InChI=1S/C19H18Br2N2O3/c1-2-3-23-15-5-13(10-22)4-14(6-15)11-26-19-16(20)7-12(8-17(19)21)9-18(24)25/h4-8,23H,2-3,9,11H2,1H3,(H,24,25). The van der Waals surface area contributed by atoms with E-state index in [9.17, 15) is 10.1 Å². The van der Waals surface area contributed by atoms with Crippen LogP contribution in [0.5, 0.6) is 5.75 Å². The van der Waals surface area contributed by atoms with Gasteiger partial charge in [0, 0.05) is 12.2 Å².